The highest BCUT2D eigenvalue weighted by atomic mass is 32.2. The molecule has 1 N–H and O–H groups in total. The Morgan fingerprint density at radius 2 is 1.75 bits per heavy atom. The van der Waals surface area contributed by atoms with E-state index in [0.29, 0.717) is 25.3 Å². The quantitative estimate of drug-likeness (QED) is 0.193. The fourth-order valence-electron chi connectivity index (χ4n) is 5.03. The number of benzene rings is 2. The van der Waals surface area contributed by atoms with Crippen LogP contribution in [0.2, 0.25) is 0 Å². The third-order valence-electron chi connectivity index (χ3n) is 6.33. The van der Waals surface area contributed by atoms with Crippen LogP contribution in [0.3, 0.4) is 0 Å². The number of carbonyl (C=O) groups is 1. The average molecular weight is 588 g/mol. The van der Waals surface area contributed by atoms with Crippen molar-refractivity contribution in [2.24, 2.45) is 10.4 Å². The van der Waals surface area contributed by atoms with Crippen LogP contribution in [0.1, 0.15) is 79.2 Å². The summed E-state index contributed by atoms with van der Waals surface area (Å²) in [6.45, 7) is 16.5. The van der Waals surface area contributed by atoms with Crippen LogP contribution in [0.5, 0.6) is 0 Å². The Kier molecular flexibility index (Phi) is 10.9. The highest BCUT2D eigenvalue weighted by molar-refractivity contribution is 8.00. The van der Waals surface area contributed by atoms with Gasteiger partial charge in [-0.25, -0.2) is 13.4 Å². The molecule has 3 rings (SSSR count). The van der Waals surface area contributed by atoms with Crippen molar-refractivity contribution < 1.29 is 17.9 Å². The van der Waals surface area contributed by atoms with Crippen molar-refractivity contribution in [3.8, 4) is 0 Å². The summed E-state index contributed by atoms with van der Waals surface area (Å²) in [5.74, 6) is -0.0849. The molecule has 0 aromatic heterocycles. The molecule has 2 aromatic rings. The van der Waals surface area contributed by atoms with Gasteiger partial charge in [0.1, 0.15) is 10.7 Å². The molecule has 1 amide bonds. The van der Waals surface area contributed by atoms with Crippen LogP contribution >= 0.6 is 11.8 Å². The molecule has 40 heavy (non-hydrogen) atoms. The van der Waals surface area contributed by atoms with Gasteiger partial charge in [-0.2, -0.15) is 0 Å². The Labute approximate surface area is 245 Å². The number of anilines is 1. The summed E-state index contributed by atoms with van der Waals surface area (Å²) in [6, 6.07) is 12.7. The first-order valence-electron chi connectivity index (χ1n) is 14.1. The molecule has 2 aromatic carbocycles. The molecule has 0 unspecified atom stereocenters. The number of amidine groups is 1. The first-order valence-corrected chi connectivity index (χ1v) is 16.3. The molecule has 9 heteroatoms. The minimum Gasteiger partial charge on any atom is -0.381 e. The van der Waals surface area contributed by atoms with Crippen molar-refractivity contribution in [3.63, 3.8) is 0 Å². The van der Waals surface area contributed by atoms with Gasteiger partial charge in [-0.15, -0.1) is 11.8 Å². The molecule has 0 atom stereocenters. The summed E-state index contributed by atoms with van der Waals surface area (Å²) in [5, 5.41) is 3.06. The molecule has 0 aliphatic carbocycles. The number of para-hydroxylation sites is 1. The molecule has 0 spiro atoms. The molecule has 1 aliphatic heterocycles. The van der Waals surface area contributed by atoms with E-state index in [1.165, 1.54) is 4.31 Å². The Balaban J connectivity index is 1.81. The molecule has 220 valence electrons. The van der Waals surface area contributed by atoms with Gasteiger partial charge < -0.3 is 10.1 Å². The Bertz CT molecular complexity index is 1310. The van der Waals surface area contributed by atoms with E-state index in [1.54, 1.807) is 36.0 Å². The zero-order valence-electron chi connectivity index (χ0n) is 25.0. The maximum atomic E-state index is 13.6. The molecule has 7 nitrogen and oxygen atoms in total. The maximum absolute atomic E-state index is 13.6. The van der Waals surface area contributed by atoms with Crippen molar-refractivity contribution in [2.45, 2.75) is 95.1 Å². The minimum absolute atomic E-state index is 0.0474. The van der Waals surface area contributed by atoms with Gasteiger partial charge in [-0.3, -0.25) is 9.10 Å². The number of hydrogen-bond acceptors (Lipinski definition) is 6. The molecule has 0 radical (unpaired) electrons. The summed E-state index contributed by atoms with van der Waals surface area (Å²) in [7, 11) is -3.84. The van der Waals surface area contributed by atoms with Gasteiger partial charge in [-0.1, -0.05) is 66.2 Å². The number of sulfonamides is 1. The van der Waals surface area contributed by atoms with Gasteiger partial charge in [0.2, 0.25) is 5.91 Å². The molecule has 0 fully saturated rings. The third-order valence-corrected chi connectivity index (χ3v) is 9.48. The first kappa shape index (κ1) is 32.2. The van der Waals surface area contributed by atoms with Crippen LogP contribution in [0, 0.1) is 12.3 Å². The summed E-state index contributed by atoms with van der Waals surface area (Å²) >= 11 is 1.74. The van der Waals surface area contributed by atoms with Crippen LogP contribution in [0.25, 0.3) is 0 Å². The lowest BCUT2D eigenvalue weighted by Gasteiger charge is -2.32. The van der Waals surface area contributed by atoms with Gasteiger partial charge in [-0.05, 0) is 61.4 Å². The fourth-order valence-corrected chi connectivity index (χ4v) is 8.11. The van der Waals surface area contributed by atoms with Crippen LogP contribution in [-0.2, 0) is 19.6 Å². The number of amides is 1. The third kappa shape index (κ3) is 9.08. The second-order valence-corrected chi connectivity index (χ2v) is 15.8. The number of aliphatic imine (C=N–C) groups is 1. The molecular formula is C31H45N3O4S2. The summed E-state index contributed by atoms with van der Waals surface area (Å²) < 4.78 is 34.0. The van der Waals surface area contributed by atoms with Crippen LogP contribution in [-0.4, -0.2) is 49.0 Å². The average Bonchev–Trinajstić information content (AvgIpc) is 2.83. The number of ether oxygens (including phenoxy) is 1. The summed E-state index contributed by atoms with van der Waals surface area (Å²) in [6.07, 6.45) is 3.35. The van der Waals surface area contributed by atoms with Crippen molar-refractivity contribution in [3.05, 3.63) is 48.0 Å². The number of thioether (sulfide) groups is 1. The van der Waals surface area contributed by atoms with E-state index in [0.717, 1.165) is 35.4 Å². The summed E-state index contributed by atoms with van der Waals surface area (Å²) in [5.41, 5.74) is 2.28. The van der Waals surface area contributed by atoms with Gasteiger partial charge >= 0.3 is 0 Å². The van der Waals surface area contributed by atoms with E-state index in [2.05, 4.69) is 51.9 Å². The zero-order chi connectivity index (χ0) is 29.6. The fraction of sp³-hybridized carbons (Fsp3) is 0.548. The lowest BCUT2D eigenvalue weighted by atomic mass is 9.86. The molecule has 1 aliphatic rings. The van der Waals surface area contributed by atoms with E-state index < -0.39 is 10.0 Å². The van der Waals surface area contributed by atoms with E-state index in [9.17, 15) is 13.2 Å². The number of hydrogen-bond donors (Lipinski definition) is 1. The second-order valence-electron chi connectivity index (χ2n) is 12.2. The van der Waals surface area contributed by atoms with E-state index >= 15 is 0 Å². The zero-order valence-corrected chi connectivity index (χ0v) is 26.7. The van der Waals surface area contributed by atoms with E-state index in [1.807, 2.05) is 25.1 Å². The number of carbonyl (C=O) groups excluding carboxylic acids is 1. The monoisotopic (exact) mass is 587 g/mol. The second kappa shape index (κ2) is 13.5. The van der Waals surface area contributed by atoms with Crippen molar-refractivity contribution in [1.82, 2.24) is 4.31 Å². The number of nitrogens with zero attached hydrogens (tertiary/aromatic N) is 2. The topological polar surface area (TPSA) is 88.1 Å². The standard InChI is InChI=1S/C31H45N3O4S2/c1-8-9-18-38-19-12-17-34-28(32-24-13-10-11-14-27(24)40(34,36)37)21-29(35)33-25-20-23(2)15-16-26(25)39-31(6,7)22-30(3,4)5/h10-11,13-16,20H,8-9,12,17-19,21-22H2,1-7H3,(H,33,35). The Morgan fingerprint density at radius 3 is 2.45 bits per heavy atom. The minimum atomic E-state index is -3.84. The van der Waals surface area contributed by atoms with E-state index in [-0.39, 0.29) is 39.8 Å². The van der Waals surface area contributed by atoms with Crippen molar-refractivity contribution in [1.29, 1.82) is 0 Å². The van der Waals surface area contributed by atoms with Crippen LogP contribution in [0.4, 0.5) is 11.4 Å². The molecule has 0 bridgehead atoms. The Morgan fingerprint density at radius 1 is 1.05 bits per heavy atom. The highest BCUT2D eigenvalue weighted by Gasteiger charge is 2.34. The lowest BCUT2D eigenvalue weighted by Crippen LogP contribution is -2.41. The smallest absolute Gasteiger partial charge is 0.267 e. The van der Waals surface area contributed by atoms with Gasteiger partial charge in [0.25, 0.3) is 10.0 Å². The maximum Gasteiger partial charge on any atom is 0.267 e. The molecule has 0 saturated carbocycles. The van der Waals surface area contributed by atoms with Crippen LogP contribution < -0.4 is 5.32 Å². The van der Waals surface area contributed by atoms with Crippen molar-refractivity contribution >= 4 is 44.9 Å². The van der Waals surface area contributed by atoms with Gasteiger partial charge in [0, 0.05) is 29.4 Å². The number of rotatable bonds is 13. The highest BCUT2D eigenvalue weighted by Crippen LogP contribution is 2.43. The molecule has 1 heterocycles. The SMILES string of the molecule is CCCCOCCCN1C(CC(=O)Nc2cc(C)ccc2SC(C)(C)CC(C)(C)C)=Nc2ccccc2S1(=O)=O. The van der Waals surface area contributed by atoms with Gasteiger partial charge in [0.15, 0.2) is 0 Å². The molecular weight excluding hydrogens is 542 g/mol. The predicted molar refractivity (Wildman–Crippen MR) is 166 cm³/mol. The summed E-state index contributed by atoms with van der Waals surface area (Å²) in [4.78, 5) is 19.2. The number of nitrogens with one attached hydrogen (secondary N) is 1. The number of aryl methyl sites for hydroxylation is 1. The normalized spacial score (nSPS) is 15.0. The van der Waals surface area contributed by atoms with Crippen molar-refractivity contribution in [2.75, 3.05) is 25.1 Å². The Hall–Kier alpha value is -2.36. The van der Waals surface area contributed by atoms with E-state index in [4.69, 9.17) is 4.74 Å². The van der Waals surface area contributed by atoms with Crippen LogP contribution in [0.15, 0.2) is 57.2 Å². The largest absolute Gasteiger partial charge is 0.381 e. The lowest BCUT2D eigenvalue weighted by molar-refractivity contribution is -0.115. The molecule has 0 saturated heterocycles. The number of fused-ring (bicyclic) bond motifs is 1. The first-order chi connectivity index (χ1) is 18.7. The predicted octanol–water partition coefficient (Wildman–Crippen LogP) is 7.57. The van der Waals surface area contributed by atoms with Gasteiger partial charge in [0.05, 0.1) is 17.8 Å². The number of unbranched alkanes of at least 4 members (excludes halogenated alkanes) is 1.